The quantitative estimate of drug-likeness (QED) is 0.196. The molecule has 0 N–H and O–H groups in total. The molecule has 0 spiro atoms. The fraction of sp³-hybridized carbons (Fsp3) is 0.111. The van der Waals surface area contributed by atoms with Crippen molar-refractivity contribution >= 4 is 48.6 Å². The van der Waals surface area contributed by atoms with E-state index in [0.717, 1.165) is 67.3 Å². The number of nitrogens with zero attached hydrogens (tertiary/aromatic N) is 6. The van der Waals surface area contributed by atoms with Crippen LogP contribution >= 0.6 is 0 Å². The SMILES string of the molecule is Cc1cnccc1C=Cc1nc(C=Cc2ccncc2C)c(C=Cc2ccncc2C)nc1C=Cc1ccncc1C. The van der Waals surface area contributed by atoms with E-state index in [1.54, 1.807) is 24.8 Å². The van der Waals surface area contributed by atoms with Gasteiger partial charge in [0.1, 0.15) is 0 Å². The van der Waals surface area contributed by atoms with Gasteiger partial charge in [0, 0.05) is 49.6 Å². The zero-order valence-corrected chi connectivity index (χ0v) is 24.2. The Bertz CT molecular complexity index is 1570. The van der Waals surface area contributed by atoms with Crippen molar-refractivity contribution < 1.29 is 0 Å². The Balaban J connectivity index is 1.66. The maximum absolute atomic E-state index is 5.14. The molecule has 5 aromatic heterocycles. The van der Waals surface area contributed by atoms with Crippen LogP contribution < -0.4 is 0 Å². The van der Waals surface area contributed by atoms with Crippen LogP contribution in [0.1, 0.15) is 67.3 Å². The van der Waals surface area contributed by atoms with E-state index >= 15 is 0 Å². The topological polar surface area (TPSA) is 77.3 Å². The lowest BCUT2D eigenvalue weighted by molar-refractivity contribution is 1.12. The summed E-state index contributed by atoms with van der Waals surface area (Å²) in [6.45, 7) is 8.19. The fourth-order valence-electron chi connectivity index (χ4n) is 4.34. The van der Waals surface area contributed by atoms with Crippen molar-refractivity contribution in [2.75, 3.05) is 0 Å². The highest BCUT2D eigenvalue weighted by Crippen LogP contribution is 2.22. The molecule has 0 atom stereocenters. The van der Waals surface area contributed by atoms with Gasteiger partial charge in [0.05, 0.1) is 22.8 Å². The Hall–Kier alpha value is -5.36. The third-order valence-electron chi connectivity index (χ3n) is 6.94. The van der Waals surface area contributed by atoms with Gasteiger partial charge in [-0.05, 0) is 121 Å². The van der Waals surface area contributed by atoms with Gasteiger partial charge in [0.15, 0.2) is 0 Å². The van der Waals surface area contributed by atoms with E-state index < -0.39 is 0 Å². The molecular weight excluding hydrogens is 516 g/mol. The number of hydrogen-bond acceptors (Lipinski definition) is 6. The number of aryl methyl sites for hydroxylation is 4. The van der Waals surface area contributed by atoms with E-state index in [1.807, 2.05) is 101 Å². The molecule has 0 aliphatic rings. The smallest absolute Gasteiger partial charge is 0.0894 e. The van der Waals surface area contributed by atoms with Crippen molar-refractivity contribution in [1.29, 1.82) is 0 Å². The highest BCUT2D eigenvalue weighted by atomic mass is 14.8. The van der Waals surface area contributed by atoms with Crippen LogP contribution in [0.3, 0.4) is 0 Å². The predicted molar refractivity (Wildman–Crippen MR) is 174 cm³/mol. The van der Waals surface area contributed by atoms with E-state index in [9.17, 15) is 0 Å². The Morgan fingerprint density at radius 3 is 0.810 bits per heavy atom. The van der Waals surface area contributed by atoms with Crippen LogP contribution in [0, 0.1) is 27.7 Å². The van der Waals surface area contributed by atoms with Gasteiger partial charge in [-0.1, -0.05) is 24.3 Å². The van der Waals surface area contributed by atoms with Crippen molar-refractivity contribution in [3.05, 3.63) is 141 Å². The van der Waals surface area contributed by atoms with E-state index in [1.165, 1.54) is 0 Å². The van der Waals surface area contributed by atoms with Gasteiger partial charge in [-0.15, -0.1) is 0 Å². The summed E-state index contributed by atoms with van der Waals surface area (Å²) < 4.78 is 0. The standard InChI is InChI=1S/C36H32N6/c1-25-21-37-17-13-29(25)5-9-33-34(10-6-30-14-18-38-22-26(30)2)42-36(12-8-32-16-20-40-24-28(32)4)35(41-33)11-7-31-15-19-39-23-27(31)3/h5-24H,1-4H3. The van der Waals surface area contributed by atoms with Crippen molar-refractivity contribution in [2.24, 2.45) is 0 Å². The molecular formula is C36H32N6. The van der Waals surface area contributed by atoms with Crippen LogP contribution in [0.5, 0.6) is 0 Å². The Morgan fingerprint density at radius 2 is 0.595 bits per heavy atom. The first-order valence-electron chi connectivity index (χ1n) is 13.7. The molecule has 6 nitrogen and oxygen atoms in total. The van der Waals surface area contributed by atoms with Gasteiger partial charge in [-0.25, -0.2) is 9.97 Å². The van der Waals surface area contributed by atoms with E-state index in [2.05, 4.69) is 44.2 Å². The summed E-state index contributed by atoms with van der Waals surface area (Å²) in [5.74, 6) is 0. The maximum Gasteiger partial charge on any atom is 0.0894 e. The first-order valence-corrected chi connectivity index (χ1v) is 13.7. The summed E-state index contributed by atoms with van der Waals surface area (Å²) in [5, 5.41) is 0. The largest absolute Gasteiger partial charge is 0.264 e. The van der Waals surface area contributed by atoms with E-state index in [4.69, 9.17) is 9.97 Å². The summed E-state index contributed by atoms with van der Waals surface area (Å²) in [6, 6.07) is 7.99. The first-order chi connectivity index (χ1) is 20.5. The second kappa shape index (κ2) is 13.3. The monoisotopic (exact) mass is 548 g/mol. The molecule has 0 unspecified atom stereocenters. The van der Waals surface area contributed by atoms with E-state index in [0.29, 0.717) is 0 Å². The van der Waals surface area contributed by atoms with Gasteiger partial charge >= 0.3 is 0 Å². The summed E-state index contributed by atoms with van der Waals surface area (Å²) in [6.07, 6.45) is 30.9. The molecule has 0 radical (unpaired) electrons. The predicted octanol–water partition coefficient (Wildman–Crippen LogP) is 7.97. The Kier molecular flexibility index (Phi) is 8.94. The summed E-state index contributed by atoms with van der Waals surface area (Å²) in [7, 11) is 0. The highest BCUT2D eigenvalue weighted by Gasteiger charge is 2.09. The highest BCUT2D eigenvalue weighted by molar-refractivity contribution is 5.82. The zero-order valence-electron chi connectivity index (χ0n) is 24.2. The van der Waals surface area contributed by atoms with Crippen LogP contribution in [0.15, 0.2) is 73.8 Å². The average Bonchev–Trinajstić information content (AvgIpc) is 3.00. The van der Waals surface area contributed by atoms with Crippen molar-refractivity contribution in [2.45, 2.75) is 27.7 Å². The molecule has 206 valence electrons. The third kappa shape index (κ3) is 7.04. The number of rotatable bonds is 8. The van der Waals surface area contributed by atoms with E-state index in [-0.39, 0.29) is 0 Å². The van der Waals surface area contributed by atoms with Gasteiger partial charge in [0.2, 0.25) is 0 Å². The van der Waals surface area contributed by atoms with Crippen molar-refractivity contribution in [3.8, 4) is 0 Å². The normalized spacial score (nSPS) is 11.9. The minimum atomic E-state index is 0.762. The fourth-order valence-corrected chi connectivity index (χ4v) is 4.34. The Morgan fingerprint density at radius 1 is 0.357 bits per heavy atom. The molecule has 0 saturated heterocycles. The second-order valence-electron chi connectivity index (χ2n) is 10.0. The Labute approximate surface area is 247 Å². The molecule has 42 heavy (non-hydrogen) atoms. The molecule has 0 bridgehead atoms. The van der Waals surface area contributed by atoms with Crippen molar-refractivity contribution in [3.63, 3.8) is 0 Å². The zero-order chi connectivity index (χ0) is 29.3. The molecule has 0 aliphatic heterocycles. The molecule has 5 heterocycles. The molecule has 0 fully saturated rings. The summed E-state index contributed by atoms with van der Waals surface area (Å²) in [4.78, 5) is 27.2. The minimum absolute atomic E-state index is 0.762. The van der Waals surface area contributed by atoms with Crippen LogP contribution in [0.25, 0.3) is 48.6 Å². The number of aromatic nitrogens is 6. The molecule has 6 heteroatoms. The van der Waals surface area contributed by atoms with Crippen LogP contribution in [0.4, 0.5) is 0 Å². The molecule has 5 aromatic rings. The lowest BCUT2D eigenvalue weighted by atomic mass is 10.1. The summed E-state index contributed by atoms with van der Waals surface area (Å²) >= 11 is 0. The minimum Gasteiger partial charge on any atom is -0.264 e. The molecule has 0 aliphatic carbocycles. The first kappa shape index (κ1) is 28.2. The summed E-state index contributed by atoms with van der Waals surface area (Å²) in [5.41, 5.74) is 11.7. The third-order valence-corrected chi connectivity index (χ3v) is 6.94. The molecule has 5 rings (SSSR count). The number of hydrogen-bond donors (Lipinski definition) is 0. The van der Waals surface area contributed by atoms with Gasteiger partial charge in [0.25, 0.3) is 0 Å². The molecule has 0 aromatic carbocycles. The average molecular weight is 549 g/mol. The molecule has 0 saturated carbocycles. The van der Waals surface area contributed by atoms with Crippen LogP contribution in [-0.2, 0) is 0 Å². The second-order valence-corrected chi connectivity index (χ2v) is 10.0. The molecule has 0 amide bonds. The lowest BCUT2D eigenvalue weighted by Gasteiger charge is -2.08. The number of pyridine rings is 4. The van der Waals surface area contributed by atoms with Crippen LogP contribution in [0.2, 0.25) is 0 Å². The maximum atomic E-state index is 5.14. The van der Waals surface area contributed by atoms with Gasteiger partial charge in [-0.3, -0.25) is 19.9 Å². The van der Waals surface area contributed by atoms with Gasteiger partial charge in [-0.2, -0.15) is 0 Å². The lowest BCUT2D eigenvalue weighted by Crippen LogP contribution is -2.00. The van der Waals surface area contributed by atoms with Crippen LogP contribution in [-0.4, -0.2) is 29.9 Å². The van der Waals surface area contributed by atoms with Gasteiger partial charge < -0.3 is 0 Å². The van der Waals surface area contributed by atoms with Crippen molar-refractivity contribution in [1.82, 2.24) is 29.9 Å².